The van der Waals surface area contributed by atoms with Crippen LogP contribution in [0.25, 0.3) is 0 Å². The van der Waals surface area contributed by atoms with Crippen LogP contribution in [0.4, 0.5) is 4.79 Å². The number of aromatic hydroxyl groups is 1. The van der Waals surface area contributed by atoms with E-state index in [0.717, 1.165) is 4.90 Å². The smallest absolute Gasteiger partial charge is 0.335 e. The summed E-state index contributed by atoms with van der Waals surface area (Å²) in [5.74, 6) is -2.57. The quantitative estimate of drug-likeness (QED) is 0.392. The number of hydrogen-bond acceptors (Lipinski definition) is 7. The molecule has 11 nitrogen and oxygen atoms in total. The van der Waals surface area contributed by atoms with Gasteiger partial charge < -0.3 is 31.3 Å². The van der Waals surface area contributed by atoms with Crippen molar-refractivity contribution in [1.29, 1.82) is 0 Å². The highest BCUT2D eigenvalue weighted by Gasteiger charge is 2.35. The van der Waals surface area contributed by atoms with E-state index in [0.29, 0.717) is 16.9 Å². The first-order valence-corrected chi connectivity index (χ1v) is 10.5. The van der Waals surface area contributed by atoms with E-state index in [-0.39, 0.29) is 30.8 Å². The molecular formula is C23H26N4O7. The predicted octanol–water partition coefficient (Wildman–Crippen LogP) is 0.626. The molecule has 0 aromatic heterocycles. The summed E-state index contributed by atoms with van der Waals surface area (Å²) < 4.78 is 5.29. The van der Waals surface area contributed by atoms with E-state index in [4.69, 9.17) is 10.5 Å². The number of methoxy groups -OCH3 is 1. The van der Waals surface area contributed by atoms with Gasteiger partial charge in [0, 0.05) is 13.1 Å². The molecular weight excluding hydrogens is 444 g/mol. The first-order valence-electron chi connectivity index (χ1n) is 10.5. The fraction of sp³-hybridized carbons (Fsp3) is 0.304. The average molecular weight is 470 g/mol. The number of benzene rings is 2. The number of carboxylic acid groups (broad SMARTS) is 1. The third-order valence-electron chi connectivity index (χ3n) is 5.51. The van der Waals surface area contributed by atoms with E-state index in [9.17, 15) is 29.4 Å². The van der Waals surface area contributed by atoms with Crippen molar-refractivity contribution < 1.29 is 34.1 Å². The Bertz CT molecular complexity index is 1100. The van der Waals surface area contributed by atoms with Crippen LogP contribution in [0.2, 0.25) is 0 Å². The molecule has 1 saturated heterocycles. The molecule has 1 aliphatic rings. The number of carbonyl (C=O) groups is 4. The zero-order chi connectivity index (χ0) is 24.8. The first kappa shape index (κ1) is 24.5. The Morgan fingerprint density at radius 1 is 1.26 bits per heavy atom. The lowest BCUT2D eigenvalue weighted by molar-refractivity contribution is -0.133. The number of phenols is 1. The van der Waals surface area contributed by atoms with Crippen LogP contribution in [0.1, 0.15) is 27.5 Å². The van der Waals surface area contributed by atoms with Crippen LogP contribution in [0.15, 0.2) is 42.5 Å². The molecule has 180 valence electrons. The van der Waals surface area contributed by atoms with Crippen molar-refractivity contribution in [2.24, 2.45) is 11.7 Å². The molecule has 0 bridgehead atoms. The summed E-state index contributed by atoms with van der Waals surface area (Å²) in [5.41, 5.74) is 6.81. The Hall–Kier alpha value is -4.12. The maximum atomic E-state index is 13.2. The number of ether oxygens (including phenoxy) is 1. The predicted molar refractivity (Wildman–Crippen MR) is 120 cm³/mol. The molecule has 1 fully saturated rings. The van der Waals surface area contributed by atoms with Gasteiger partial charge in [0.05, 0.1) is 24.6 Å². The molecule has 4 amide bonds. The molecule has 2 atom stereocenters. The summed E-state index contributed by atoms with van der Waals surface area (Å²) in [6, 6.07) is 8.79. The molecule has 2 aromatic rings. The molecule has 1 aliphatic heterocycles. The van der Waals surface area contributed by atoms with Crippen molar-refractivity contribution in [3.8, 4) is 11.5 Å². The molecule has 0 radical (unpaired) electrons. The number of carbonyl (C=O) groups excluding carboxylic acids is 3. The van der Waals surface area contributed by atoms with E-state index in [1.54, 1.807) is 12.1 Å². The standard InChI is InChI=1S/C23H26N4O7/c1-34-19-6-5-17(28)9-15(19)8-16-11-25-20(29)12-27(21(16)30)23(33)26-18(10-24)13-3-2-4-14(7-13)22(31)32/h2-7,9,16,18,28H,8,10-12,24H2,1H3,(H,25,29)(H,26,33)(H,31,32)/t16-,18?/m1/s1. The van der Waals surface area contributed by atoms with Crippen LogP contribution < -0.4 is 21.1 Å². The van der Waals surface area contributed by atoms with E-state index in [1.165, 1.54) is 37.4 Å². The molecule has 6 N–H and O–H groups in total. The van der Waals surface area contributed by atoms with Crippen LogP contribution in [-0.4, -0.2) is 65.7 Å². The van der Waals surface area contributed by atoms with Gasteiger partial charge in [0.15, 0.2) is 0 Å². The third-order valence-corrected chi connectivity index (χ3v) is 5.51. The fourth-order valence-corrected chi connectivity index (χ4v) is 3.74. The summed E-state index contributed by atoms with van der Waals surface area (Å²) >= 11 is 0. The van der Waals surface area contributed by atoms with E-state index < -0.39 is 42.3 Å². The van der Waals surface area contributed by atoms with Crippen molar-refractivity contribution in [2.45, 2.75) is 12.5 Å². The lowest BCUT2D eigenvalue weighted by atomic mass is 9.97. The number of aromatic carboxylic acids is 1. The van der Waals surface area contributed by atoms with Gasteiger partial charge in [-0.05, 0) is 47.9 Å². The van der Waals surface area contributed by atoms with Crippen LogP contribution in [-0.2, 0) is 16.0 Å². The SMILES string of the molecule is COc1ccc(O)cc1C[C@@H]1CNC(=O)CN(C(=O)NC(CN)c2cccc(C(=O)O)c2)C1=O. The molecule has 0 spiro atoms. The maximum absolute atomic E-state index is 13.2. The van der Waals surface area contributed by atoms with Crippen molar-refractivity contribution in [2.75, 3.05) is 26.7 Å². The normalized spacial score (nSPS) is 16.9. The van der Waals surface area contributed by atoms with Gasteiger partial charge in [-0.25, -0.2) is 9.59 Å². The van der Waals surface area contributed by atoms with E-state index >= 15 is 0 Å². The second kappa shape index (κ2) is 10.7. The number of nitrogens with two attached hydrogens (primary N) is 1. The number of imide groups is 1. The minimum atomic E-state index is -1.13. The van der Waals surface area contributed by atoms with Gasteiger partial charge in [-0.1, -0.05) is 12.1 Å². The van der Waals surface area contributed by atoms with Crippen molar-refractivity contribution in [1.82, 2.24) is 15.5 Å². The number of amides is 4. The lowest BCUT2D eigenvalue weighted by Gasteiger charge is -2.25. The maximum Gasteiger partial charge on any atom is 0.335 e. The fourth-order valence-electron chi connectivity index (χ4n) is 3.74. The minimum Gasteiger partial charge on any atom is -0.508 e. The van der Waals surface area contributed by atoms with Gasteiger partial charge in [-0.15, -0.1) is 0 Å². The monoisotopic (exact) mass is 470 g/mol. The largest absolute Gasteiger partial charge is 0.508 e. The van der Waals surface area contributed by atoms with Gasteiger partial charge in [0.2, 0.25) is 11.8 Å². The lowest BCUT2D eigenvalue weighted by Crippen LogP contribution is -2.49. The van der Waals surface area contributed by atoms with E-state index in [2.05, 4.69) is 10.6 Å². The Balaban J connectivity index is 1.81. The van der Waals surface area contributed by atoms with Gasteiger partial charge >= 0.3 is 12.0 Å². The highest BCUT2D eigenvalue weighted by atomic mass is 16.5. The zero-order valence-electron chi connectivity index (χ0n) is 18.5. The summed E-state index contributed by atoms with van der Waals surface area (Å²) in [6.45, 7) is -0.543. The number of carboxylic acids is 1. The first-order chi connectivity index (χ1) is 16.2. The minimum absolute atomic E-state index is 0.00122. The molecule has 3 rings (SSSR count). The average Bonchev–Trinajstić information content (AvgIpc) is 2.96. The van der Waals surface area contributed by atoms with Crippen molar-refractivity contribution >= 4 is 23.8 Å². The zero-order valence-corrected chi connectivity index (χ0v) is 18.5. The molecule has 11 heteroatoms. The highest BCUT2D eigenvalue weighted by molar-refractivity contribution is 6.00. The molecule has 0 aliphatic carbocycles. The number of urea groups is 1. The van der Waals surface area contributed by atoms with Crippen molar-refractivity contribution in [3.63, 3.8) is 0 Å². The summed E-state index contributed by atoms with van der Waals surface area (Å²) in [5, 5.41) is 24.3. The molecule has 1 heterocycles. The van der Waals surface area contributed by atoms with Crippen LogP contribution in [0.5, 0.6) is 11.5 Å². The molecule has 1 unspecified atom stereocenters. The number of nitrogens with zero attached hydrogens (tertiary/aromatic N) is 1. The second-order valence-electron chi connectivity index (χ2n) is 7.79. The van der Waals surface area contributed by atoms with E-state index in [1.807, 2.05) is 0 Å². The number of phenolic OH excluding ortho intramolecular Hbond substituents is 1. The Morgan fingerprint density at radius 2 is 2.03 bits per heavy atom. The third kappa shape index (κ3) is 5.62. The number of rotatable bonds is 7. The van der Waals surface area contributed by atoms with Gasteiger partial charge in [-0.2, -0.15) is 0 Å². The Kier molecular flexibility index (Phi) is 7.69. The van der Waals surface area contributed by atoms with Gasteiger partial charge in [0.1, 0.15) is 18.0 Å². The van der Waals surface area contributed by atoms with Crippen LogP contribution in [0.3, 0.4) is 0 Å². The number of hydrogen-bond donors (Lipinski definition) is 5. The Morgan fingerprint density at radius 3 is 2.71 bits per heavy atom. The molecule has 34 heavy (non-hydrogen) atoms. The highest BCUT2D eigenvalue weighted by Crippen LogP contribution is 2.27. The molecule has 2 aromatic carbocycles. The van der Waals surface area contributed by atoms with Gasteiger partial charge in [0.25, 0.3) is 0 Å². The summed E-state index contributed by atoms with van der Waals surface area (Å²) in [6.07, 6.45) is 0.113. The second-order valence-corrected chi connectivity index (χ2v) is 7.79. The summed E-state index contributed by atoms with van der Waals surface area (Å²) in [4.78, 5) is 50.6. The van der Waals surface area contributed by atoms with Crippen LogP contribution in [0, 0.1) is 5.92 Å². The Labute approximate surface area is 195 Å². The van der Waals surface area contributed by atoms with Crippen molar-refractivity contribution in [3.05, 3.63) is 59.2 Å². The number of nitrogens with one attached hydrogen (secondary N) is 2. The van der Waals surface area contributed by atoms with Crippen LogP contribution >= 0.6 is 0 Å². The van der Waals surface area contributed by atoms with Gasteiger partial charge in [-0.3, -0.25) is 14.5 Å². The topological polar surface area (TPSA) is 171 Å². The summed E-state index contributed by atoms with van der Waals surface area (Å²) in [7, 11) is 1.46. The molecule has 0 saturated carbocycles.